The summed E-state index contributed by atoms with van der Waals surface area (Å²) in [5.74, 6) is 0. The Kier molecular flexibility index (Phi) is 5.00. The first-order valence-corrected chi connectivity index (χ1v) is 7.26. The van der Waals surface area contributed by atoms with Crippen LogP contribution in [0.1, 0.15) is 44.2 Å². The molecule has 1 heterocycles. The van der Waals surface area contributed by atoms with Crippen LogP contribution >= 0.6 is 0 Å². The second-order valence-electron chi connectivity index (χ2n) is 5.42. The molecule has 0 amide bonds. The van der Waals surface area contributed by atoms with Crippen molar-refractivity contribution in [3.8, 4) is 0 Å². The van der Waals surface area contributed by atoms with Gasteiger partial charge in [-0.15, -0.1) is 0 Å². The summed E-state index contributed by atoms with van der Waals surface area (Å²) in [6.07, 6.45) is 7.61. The first kappa shape index (κ1) is 13.4. The Bertz CT molecular complexity index is 383. The zero-order valence-corrected chi connectivity index (χ0v) is 11.8. The minimum atomic E-state index is 1.12. The third kappa shape index (κ3) is 3.99. The summed E-state index contributed by atoms with van der Waals surface area (Å²) in [5.41, 5.74) is 4.23. The summed E-state index contributed by atoms with van der Waals surface area (Å²) in [4.78, 5) is 2.58. The maximum Gasteiger partial charge on any atom is 0.0193 e. The number of nitrogens with zero attached hydrogens (tertiary/aromatic N) is 1. The molecule has 1 aromatic rings. The van der Waals surface area contributed by atoms with Crippen molar-refractivity contribution in [2.75, 3.05) is 19.6 Å². The fourth-order valence-electron chi connectivity index (χ4n) is 2.65. The second-order valence-corrected chi connectivity index (χ2v) is 5.42. The van der Waals surface area contributed by atoms with Crippen LogP contribution in [0.15, 0.2) is 29.8 Å². The summed E-state index contributed by atoms with van der Waals surface area (Å²) >= 11 is 0. The first-order chi connectivity index (χ1) is 8.78. The molecular weight excluding hydrogens is 218 g/mol. The molecule has 1 heteroatoms. The van der Waals surface area contributed by atoms with Crippen molar-refractivity contribution in [1.29, 1.82) is 0 Å². The molecule has 0 N–H and O–H groups in total. The van der Waals surface area contributed by atoms with Crippen LogP contribution in [0.5, 0.6) is 0 Å². The molecule has 0 aliphatic carbocycles. The van der Waals surface area contributed by atoms with Crippen molar-refractivity contribution in [3.63, 3.8) is 0 Å². The molecular formula is C17H25N. The molecule has 0 radical (unpaired) electrons. The molecule has 1 nitrogen and oxygen atoms in total. The number of hydrogen-bond donors (Lipinski definition) is 0. The Morgan fingerprint density at radius 1 is 1.11 bits per heavy atom. The zero-order chi connectivity index (χ0) is 12.8. The van der Waals surface area contributed by atoms with Gasteiger partial charge in [-0.05, 0) is 50.4 Å². The number of rotatable bonds is 4. The largest absolute Gasteiger partial charge is 0.299 e. The number of hydrogen-bond acceptors (Lipinski definition) is 1. The fraction of sp³-hybridized carbons (Fsp3) is 0.529. The van der Waals surface area contributed by atoms with Gasteiger partial charge < -0.3 is 0 Å². The molecule has 18 heavy (non-hydrogen) atoms. The predicted octanol–water partition coefficient (Wildman–Crippen LogP) is 4.14. The molecule has 1 fully saturated rings. The molecule has 98 valence electrons. The molecule has 0 bridgehead atoms. The van der Waals surface area contributed by atoms with Crippen molar-refractivity contribution in [1.82, 2.24) is 4.90 Å². The molecule has 0 aromatic heterocycles. The molecule has 1 aliphatic rings. The fourth-order valence-corrected chi connectivity index (χ4v) is 2.65. The van der Waals surface area contributed by atoms with Crippen LogP contribution < -0.4 is 0 Å². The van der Waals surface area contributed by atoms with E-state index in [2.05, 4.69) is 49.1 Å². The van der Waals surface area contributed by atoms with Crippen LogP contribution in [0.2, 0.25) is 0 Å². The molecule has 0 saturated carbocycles. The van der Waals surface area contributed by atoms with Gasteiger partial charge in [0.2, 0.25) is 0 Å². The highest BCUT2D eigenvalue weighted by molar-refractivity contribution is 5.53. The number of likely N-dealkylation sites (tertiary alicyclic amines) is 1. The Balaban J connectivity index is 1.93. The molecule has 1 saturated heterocycles. The van der Waals surface area contributed by atoms with Gasteiger partial charge in [0.15, 0.2) is 0 Å². The Morgan fingerprint density at radius 3 is 2.39 bits per heavy atom. The van der Waals surface area contributed by atoms with E-state index in [9.17, 15) is 0 Å². The van der Waals surface area contributed by atoms with Crippen molar-refractivity contribution >= 4 is 6.08 Å². The van der Waals surface area contributed by atoms with E-state index in [1.807, 2.05) is 0 Å². The minimum absolute atomic E-state index is 1.12. The van der Waals surface area contributed by atoms with Gasteiger partial charge in [0.05, 0.1) is 0 Å². The summed E-state index contributed by atoms with van der Waals surface area (Å²) in [6.45, 7) is 8.14. The van der Waals surface area contributed by atoms with Crippen LogP contribution in [0.4, 0.5) is 0 Å². The first-order valence-electron chi connectivity index (χ1n) is 7.26. The zero-order valence-electron chi connectivity index (χ0n) is 11.8. The Morgan fingerprint density at radius 2 is 1.78 bits per heavy atom. The number of benzene rings is 1. The van der Waals surface area contributed by atoms with E-state index < -0.39 is 0 Å². The van der Waals surface area contributed by atoms with E-state index in [4.69, 9.17) is 0 Å². The Labute approximate surface area is 112 Å². The normalized spacial score (nSPS) is 18.0. The van der Waals surface area contributed by atoms with E-state index in [1.165, 1.54) is 49.1 Å². The lowest BCUT2D eigenvalue weighted by atomic mass is 10.1. The standard InChI is InChI=1S/C17H25N/c1-3-16-7-9-17(10-8-16)13-15(2)14-18-11-5-4-6-12-18/h7-10,13H,3-6,11-12,14H2,1-2H3/b15-13+. The lowest BCUT2D eigenvalue weighted by Crippen LogP contribution is -2.30. The van der Waals surface area contributed by atoms with Gasteiger partial charge in [0, 0.05) is 6.54 Å². The van der Waals surface area contributed by atoms with E-state index in [0.29, 0.717) is 0 Å². The highest BCUT2D eigenvalue weighted by Crippen LogP contribution is 2.13. The van der Waals surface area contributed by atoms with Gasteiger partial charge in [-0.25, -0.2) is 0 Å². The van der Waals surface area contributed by atoms with Crippen molar-refractivity contribution < 1.29 is 0 Å². The summed E-state index contributed by atoms with van der Waals surface area (Å²) in [7, 11) is 0. The molecule has 2 rings (SSSR count). The van der Waals surface area contributed by atoms with Gasteiger partial charge in [-0.1, -0.05) is 49.3 Å². The monoisotopic (exact) mass is 243 g/mol. The van der Waals surface area contributed by atoms with Crippen molar-refractivity contribution in [3.05, 3.63) is 41.0 Å². The smallest absolute Gasteiger partial charge is 0.0193 e. The molecule has 1 aromatic carbocycles. The third-order valence-electron chi connectivity index (χ3n) is 3.72. The van der Waals surface area contributed by atoms with Gasteiger partial charge in [0.1, 0.15) is 0 Å². The van der Waals surface area contributed by atoms with Gasteiger partial charge in [-0.3, -0.25) is 4.90 Å². The van der Waals surface area contributed by atoms with Crippen LogP contribution in [0.3, 0.4) is 0 Å². The third-order valence-corrected chi connectivity index (χ3v) is 3.72. The number of piperidine rings is 1. The van der Waals surface area contributed by atoms with Gasteiger partial charge in [-0.2, -0.15) is 0 Å². The summed E-state index contributed by atoms with van der Waals surface area (Å²) < 4.78 is 0. The molecule has 0 spiro atoms. The lowest BCUT2D eigenvalue weighted by molar-refractivity contribution is 0.247. The van der Waals surface area contributed by atoms with Crippen LogP contribution in [-0.2, 0) is 6.42 Å². The summed E-state index contributed by atoms with van der Waals surface area (Å²) in [6, 6.07) is 8.94. The maximum absolute atomic E-state index is 2.58. The van der Waals surface area contributed by atoms with E-state index in [-0.39, 0.29) is 0 Å². The van der Waals surface area contributed by atoms with E-state index in [0.717, 1.165) is 13.0 Å². The van der Waals surface area contributed by atoms with Crippen molar-refractivity contribution in [2.45, 2.75) is 39.5 Å². The van der Waals surface area contributed by atoms with E-state index in [1.54, 1.807) is 0 Å². The van der Waals surface area contributed by atoms with Crippen LogP contribution in [0, 0.1) is 0 Å². The second kappa shape index (κ2) is 6.75. The Hall–Kier alpha value is -1.08. The average Bonchev–Trinajstić information content (AvgIpc) is 2.40. The predicted molar refractivity (Wildman–Crippen MR) is 79.8 cm³/mol. The molecule has 0 atom stereocenters. The average molecular weight is 243 g/mol. The maximum atomic E-state index is 2.58. The molecule has 0 unspecified atom stereocenters. The van der Waals surface area contributed by atoms with Gasteiger partial charge >= 0.3 is 0 Å². The highest BCUT2D eigenvalue weighted by atomic mass is 15.1. The van der Waals surface area contributed by atoms with E-state index >= 15 is 0 Å². The lowest BCUT2D eigenvalue weighted by Gasteiger charge is -2.26. The SMILES string of the molecule is CCc1ccc(/C=C(\C)CN2CCCCC2)cc1. The topological polar surface area (TPSA) is 3.24 Å². The molecule has 1 aliphatic heterocycles. The van der Waals surface area contributed by atoms with Crippen LogP contribution in [-0.4, -0.2) is 24.5 Å². The minimum Gasteiger partial charge on any atom is -0.299 e. The highest BCUT2D eigenvalue weighted by Gasteiger charge is 2.09. The van der Waals surface area contributed by atoms with Gasteiger partial charge in [0.25, 0.3) is 0 Å². The number of aryl methyl sites for hydroxylation is 1. The van der Waals surface area contributed by atoms with Crippen molar-refractivity contribution in [2.24, 2.45) is 0 Å². The summed E-state index contributed by atoms with van der Waals surface area (Å²) in [5, 5.41) is 0. The van der Waals surface area contributed by atoms with Crippen LogP contribution in [0.25, 0.3) is 6.08 Å². The quantitative estimate of drug-likeness (QED) is 0.768.